The molecule has 0 N–H and O–H groups in total. The van der Waals surface area contributed by atoms with Crippen LogP contribution in [-0.2, 0) is 16.1 Å². The van der Waals surface area contributed by atoms with E-state index >= 15 is 0 Å². The van der Waals surface area contributed by atoms with Crippen molar-refractivity contribution in [2.75, 3.05) is 19.7 Å². The number of hydrogen-bond donors (Lipinski definition) is 0. The van der Waals surface area contributed by atoms with E-state index < -0.39 is 5.76 Å². The fourth-order valence-corrected chi connectivity index (χ4v) is 3.15. The minimum absolute atomic E-state index is 0.0913. The van der Waals surface area contributed by atoms with Crippen LogP contribution in [-0.4, -0.2) is 35.1 Å². The number of carbonyl (C=O) groups excluding carboxylic acids is 1. The molecule has 1 aliphatic rings. The molecule has 1 aromatic heterocycles. The first kappa shape index (κ1) is 16.5. The van der Waals surface area contributed by atoms with Crippen LogP contribution in [0.25, 0.3) is 11.1 Å². The Morgan fingerprint density at radius 3 is 2.73 bits per heavy atom. The lowest BCUT2D eigenvalue weighted by molar-refractivity contribution is -0.139. The molecule has 26 heavy (non-hydrogen) atoms. The molecular formula is C19H17FN2O4. The van der Waals surface area contributed by atoms with Crippen molar-refractivity contribution in [1.82, 2.24) is 9.47 Å². The first-order chi connectivity index (χ1) is 12.6. The van der Waals surface area contributed by atoms with Crippen LogP contribution in [0.1, 0.15) is 11.7 Å². The molecule has 4 rings (SSSR count). The summed E-state index contributed by atoms with van der Waals surface area (Å²) in [5, 5.41) is 0. The van der Waals surface area contributed by atoms with Crippen molar-refractivity contribution in [3.63, 3.8) is 0 Å². The van der Waals surface area contributed by atoms with E-state index in [-0.39, 0.29) is 24.4 Å². The summed E-state index contributed by atoms with van der Waals surface area (Å²) in [5.74, 6) is -1.05. The van der Waals surface area contributed by atoms with Crippen LogP contribution in [0.15, 0.2) is 57.7 Å². The molecule has 2 aromatic carbocycles. The monoisotopic (exact) mass is 356 g/mol. The standard InChI is InChI=1S/C19H17FN2O4/c20-14-7-5-13(6-8-14)17-11-21(9-10-25-17)18(23)12-22-15-3-1-2-4-16(15)26-19(22)24/h1-8,17H,9-12H2. The molecule has 0 bridgehead atoms. The molecule has 1 unspecified atom stereocenters. The highest BCUT2D eigenvalue weighted by molar-refractivity contribution is 5.79. The summed E-state index contributed by atoms with van der Waals surface area (Å²) in [6.07, 6.45) is -0.314. The SMILES string of the molecule is O=C(Cn1c(=O)oc2ccccc21)N1CCOC(c2ccc(F)cc2)C1. The van der Waals surface area contributed by atoms with Crippen LogP contribution in [0.4, 0.5) is 4.39 Å². The van der Waals surface area contributed by atoms with E-state index in [0.717, 1.165) is 5.56 Å². The Labute approximate surface area is 148 Å². The molecule has 3 aromatic rings. The smallest absolute Gasteiger partial charge is 0.408 e. The van der Waals surface area contributed by atoms with Gasteiger partial charge in [0.05, 0.1) is 18.7 Å². The topological polar surface area (TPSA) is 64.7 Å². The van der Waals surface area contributed by atoms with Gasteiger partial charge in [-0.25, -0.2) is 9.18 Å². The van der Waals surface area contributed by atoms with E-state index in [1.54, 1.807) is 41.3 Å². The lowest BCUT2D eigenvalue weighted by Gasteiger charge is -2.33. The van der Waals surface area contributed by atoms with Crippen molar-refractivity contribution in [3.8, 4) is 0 Å². The Morgan fingerprint density at radius 1 is 1.15 bits per heavy atom. The first-order valence-electron chi connectivity index (χ1n) is 8.35. The fraction of sp³-hybridized carbons (Fsp3) is 0.263. The molecule has 1 aliphatic heterocycles. The van der Waals surface area contributed by atoms with E-state index in [0.29, 0.717) is 30.8 Å². The van der Waals surface area contributed by atoms with Crippen LogP contribution in [0.3, 0.4) is 0 Å². The maximum atomic E-state index is 13.1. The number of hydrogen-bond acceptors (Lipinski definition) is 4. The van der Waals surface area contributed by atoms with Gasteiger partial charge in [0, 0.05) is 6.54 Å². The van der Waals surface area contributed by atoms with Gasteiger partial charge in [0.1, 0.15) is 18.5 Å². The van der Waals surface area contributed by atoms with E-state index in [2.05, 4.69) is 0 Å². The number of amides is 1. The number of nitrogens with zero attached hydrogens (tertiary/aromatic N) is 2. The summed E-state index contributed by atoms with van der Waals surface area (Å²) in [6, 6.07) is 13.0. The van der Waals surface area contributed by atoms with Gasteiger partial charge in [-0.2, -0.15) is 0 Å². The van der Waals surface area contributed by atoms with Gasteiger partial charge < -0.3 is 14.1 Å². The van der Waals surface area contributed by atoms with Gasteiger partial charge >= 0.3 is 5.76 Å². The second-order valence-corrected chi connectivity index (χ2v) is 6.17. The average molecular weight is 356 g/mol. The average Bonchev–Trinajstić information content (AvgIpc) is 2.98. The number of rotatable bonds is 3. The van der Waals surface area contributed by atoms with Crippen LogP contribution < -0.4 is 5.76 Å². The van der Waals surface area contributed by atoms with E-state index in [1.165, 1.54) is 16.7 Å². The first-order valence-corrected chi connectivity index (χ1v) is 8.35. The van der Waals surface area contributed by atoms with Crippen molar-refractivity contribution in [1.29, 1.82) is 0 Å². The highest BCUT2D eigenvalue weighted by atomic mass is 19.1. The number of halogens is 1. The number of fused-ring (bicyclic) bond motifs is 1. The number of carbonyl (C=O) groups is 1. The van der Waals surface area contributed by atoms with Crippen molar-refractivity contribution >= 4 is 17.0 Å². The molecule has 134 valence electrons. The Hall–Kier alpha value is -2.93. The molecule has 2 heterocycles. The van der Waals surface area contributed by atoms with Gasteiger partial charge in [0.15, 0.2) is 5.58 Å². The van der Waals surface area contributed by atoms with Crippen LogP contribution >= 0.6 is 0 Å². The number of benzene rings is 2. The molecule has 7 heteroatoms. The van der Waals surface area contributed by atoms with E-state index in [9.17, 15) is 14.0 Å². The van der Waals surface area contributed by atoms with Crippen molar-refractivity contribution < 1.29 is 18.3 Å². The molecule has 1 atom stereocenters. The van der Waals surface area contributed by atoms with E-state index in [1.807, 2.05) is 0 Å². The molecule has 0 spiro atoms. The van der Waals surface area contributed by atoms with Crippen molar-refractivity contribution in [2.45, 2.75) is 12.6 Å². The number of ether oxygens (including phenoxy) is 1. The molecule has 1 amide bonds. The normalized spacial score (nSPS) is 17.6. The molecular weight excluding hydrogens is 339 g/mol. The largest absolute Gasteiger partial charge is 0.420 e. The number of morpholine rings is 1. The third-order valence-electron chi connectivity index (χ3n) is 4.53. The Kier molecular flexibility index (Phi) is 4.30. The minimum atomic E-state index is -0.553. The maximum Gasteiger partial charge on any atom is 0.420 e. The summed E-state index contributed by atoms with van der Waals surface area (Å²) in [4.78, 5) is 26.4. The zero-order chi connectivity index (χ0) is 18.1. The highest BCUT2D eigenvalue weighted by Crippen LogP contribution is 2.23. The summed E-state index contributed by atoms with van der Waals surface area (Å²) in [7, 11) is 0. The van der Waals surface area contributed by atoms with Crippen LogP contribution in [0, 0.1) is 5.82 Å². The zero-order valence-corrected chi connectivity index (χ0v) is 13.9. The third kappa shape index (κ3) is 3.13. The fourth-order valence-electron chi connectivity index (χ4n) is 3.15. The van der Waals surface area contributed by atoms with Gasteiger partial charge in [0.25, 0.3) is 0 Å². The van der Waals surface area contributed by atoms with Gasteiger partial charge in [-0.1, -0.05) is 24.3 Å². The number of aromatic nitrogens is 1. The lowest BCUT2D eigenvalue weighted by Crippen LogP contribution is -2.44. The maximum absolute atomic E-state index is 13.1. The minimum Gasteiger partial charge on any atom is -0.408 e. The number of oxazole rings is 1. The second-order valence-electron chi connectivity index (χ2n) is 6.17. The zero-order valence-electron chi connectivity index (χ0n) is 13.9. The van der Waals surface area contributed by atoms with E-state index in [4.69, 9.17) is 9.15 Å². The Morgan fingerprint density at radius 2 is 1.92 bits per heavy atom. The third-order valence-corrected chi connectivity index (χ3v) is 4.53. The summed E-state index contributed by atoms with van der Waals surface area (Å²) in [6.45, 7) is 1.09. The van der Waals surface area contributed by atoms with Gasteiger partial charge in [-0.15, -0.1) is 0 Å². The molecule has 0 saturated carbocycles. The second kappa shape index (κ2) is 6.76. The van der Waals surface area contributed by atoms with Crippen LogP contribution in [0.2, 0.25) is 0 Å². The summed E-state index contributed by atoms with van der Waals surface area (Å²) >= 11 is 0. The molecule has 1 saturated heterocycles. The van der Waals surface area contributed by atoms with Gasteiger partial charge in [-0.05, 0) is 29.8 Å². The number of para-hydroxylation sites is 2. The Bertz CT molecular complexity index is 993. The van der Waals surface area contributed by atoms with Crippen molar-refractivity contribution in [2.24, 2.45) is 0 Å². The highest BCUT2D eigenvalue weighted by Gasteiger charge is 2.26. The molecule has 0 aliphatic carbocycles. The van der Waals surface area contributed by atoms with Gasteiger partial charge in [0.2, 0.25) is 5.91 Å². The quantitative estimate of drug-likeness (QED) is 0.723. The molecule has 1 fully saturated rings. The molecule has 0 radical (unpaired) electrons. The van der Waals surface area contributed by atoms with Crippen LogP contribution in [0.5, 0.6) is 0 Å². The molecule has 6 nitrogen and oxygen atoms in total. The van der Waals surface area contributed by atoms with Gasteiger partial charge in [-0.3, -0.25) is 9.36 Å². The predicted molar refractivity (Wildman–Crippen MR) is 92.1 cm³/mol. The Balaban J connectivity index is 1.51. The van der Waals surface area contributed by atoms with Crippen molar-refractivity contribution in [3.05, 3.63) is 70.5 Å². The lowest BCUT2D eigenvalue weighted by atomic mass is 10.1. The summed E-state index contributed by atoms with van der Waals surface area (Å²) in [5.41, 5.74) is 1.86. The predicted octanol–water partition coefficient (Wildman–Crippen LogP) is 2.33. The summed E-state index contributed by atoms with van der Waals surface area (Å²) < 4.78 is 25.3.